The predicted octanol–water partition coefficient (Wildman–Crippen LogP) is 3.70. The van der Waals surface area contributed by atoms with E-state index in [1.165, 1.54) is 6.07 Å². The average Bonchev–Trinajstić information content (AvgIpc) is 2.53. The summed E-state index contributed by atoms with van der Waals surface area (Å²) in [6, 6.07) is 19.4. The van der Waals surface area contributed by atoms with Crippen molar-refractivity contribution in [1.29, 1.82) is 0 Å². The molecule has 0 amide bonds. The molecule has 0 radical (unpaired) electrons. The van der Waals surface area contributed by atoms with Gasteiger partial charge >= 0.3 is 5.97 Å². The Hall–Kier alpha value is -2.46. The minimum absolute atomic E-state index is 0.174. The first kappa shape index (κ1) is 13.5. The number of carbonyl (C=O) groups is 1. The molecule has 1 N–H and O–H groups in total. The molecule has 0 aliphatic carbocycles. The first-order chi connectivity index (χ1) is 10.2. The normalized spacial score (nSPS) is 12.2. The summed E-state index contributed by atoms with van der Waals surface area (Å²) in [5.74, 6) is -1.02. The molecular weight excluding hydrogens is 284 g/mol. The van der Waals surface area contributed by atoms with Crippen molar-refractivity contribution in [3.63, 3.8) is 0 Å². The van der Waals surface area contributed by atoms with Gasteiger partial charge in [0.15, 0.2) is 0 Å². The molecule has 0 spiro atoms. The number of fused-ring (bicyclic) bond motifs is 1. The Morgan fingerprint density at radius 1 is 0.857 bits per heavy atom. The van der Waals surface area contributed by atoms with Crippen molar-refractivity contribution in [2.24, 2.45) is 0 Å². The van der Waals surface area contributed by atoms with E-state index in [4.69, 9.17) is 0 Å². The van der Waals surface area contributed by atoms with E-state index in [9.17, 15) is 14.1 Å². The average molecular weight is 296 g/mol. The second-order valence-corrected chi connectivity index (χ2v) is 6.00. The highest BCUT2D eigenvalue weighted by Gasteiger charge is 2.16. The van der Waals surface area contributed by atoms with Crippen LogP contribution in [0.15, 0.2) is 76.5 Å². The van der Waals surface area contributed by atoms with Gasteiger partial charge in [0, 0.05) is 10.3 Å². The quantitative estimate of drug-likeness (QED) is 0.801. The fraction of sp³-hybridized carbons (Fsp3) is 0. The van der Waals surface area contributed by atoms with Gasteiger partial charge in [0.1, 0.15) is 0 Å². The van der Waals surface area contributed by atoms with Crippen LogP contribution >= 0.6 is 0 Å². The molecule has 0 aliphatic rings. The molecule has 3 aromatic rings. The summed E-state index contributed by atoms with van der Waals surface area (Å²) in [6.07, 6.45) is 0. The number of hydrogen-bond acceptors (Lipinski definition) is 2. The lowest BCUT2D eigenvalue weighted by atomic mass is 10.0. The van der Waals surface area contributed by atoms with Crippen molar-refractivity contribution >= 4 is 27.5 Å². The molecular formula is C17H12O3S. The van der Waals surface area contributed by atoms with Gasteiger partial charge in [-0.15, -0.1) is 0 Å². The molecule has 0 bridgehead atoms. The third-order valence-electron chi connectivity index (χ3n) is 3.25. The molecule has 0 heterocycles. The summed E-state index contributed by atoms with van der Waals surface area (Å²) >= 11 is 0. The third kappa shape index (κ3) is 2.45. The predicted molar refractivity (Wildman–Crippen MR) is 82.0 cm³/mol. The third-order valence-corrected chi connectivity index (χ3v) is 4.69. The van der Waals surface area contributed by atoms with Crippen molar-refractivity contribution in [3.8, 4) is 0 Å². The molecule has 3 aromatic carbocycles. The van der Waals surface area contributed by atoms with Crippen LogP contribution in [0.4, 0.5) is 0 Å². The second kappa shape index (κ2) is 5.50. The summed E-state index contributed by atoms with van der Waals surface area (Å²) in [5.41, 5.74) is 0.174. The van der Waals surface area contributed by atoms with Crippen molar-refractivity contribution in [1.82, 2.24) is 0 Å². The molecule has 1 atom stereocenters. The van der Waals surface area contributed by atoms with E-state index in [0.29, 0.717) is 15.2 Å². The SMILES string of the molecule is O=C(O)c1cccc2cccc([S@@](=O)c3ccccc3)c12. The lowest BCUT2D eigenvalue weighted by Gasteiger charge is -2.09. The van der Waals surface area contributed by atoms with Crippen LogP contribution in [-0.4, -0.2) is 15.3 Å². The number of carboxylic acid groups (broad SMARTS) is 1. The standard InChI is InChI=1S/C17H12O3S/c18-17(19)14-10-4-6-12-7-5-11-15(16(12)14)21(20)13-8-2-1-3-9-13/h1-11H,(H,18,19)/t21-/m0/s1. The van der Waals surface area contributed by atoms with Gasteiger partial charge in [-0.3, -0.25) is 0 Å². The van der Waals surface area contributed by atoms with Gasteiger partial charge in [0.05, 0.1) is 21.3 Å². The molecule has 0 aliphatic heterocycles. The second-order valence-electron chi connectivity index (χ2n) is 4.55. The van der Waals surface area contributed by atoms with Gasteiger partial charge in [0.2, 0.25) is 0 Å². The van der Waals surface area contributed by atoms with Gasteiger partial charge in [-0.1, -0.05) is 42.5 Å². The van der Waals surface area contributed by atoms with Crippen LogP contribution in [0.1, 0.15) is 10.4 Å². The summed E-state index contributed by atoms with van der Waals surface area (Å²) in [4.78, 5) is 12.6. The van der Waals surface area contributed by atoms with Gasteiger partial charge in [-0.25, -0.2) is 9.00 Å². The molecule has 0 saturated carbocycles. The Kier molecular flexibility index (Phi) is 3.54. The molecule has 0 unspecified atom stereocenters. The molecule has 3 rings (SSSR count). The zero-order valence-corrected chi connectivity index (χ0v) is 11.8. The maximum atomic E-state index is 12.8. The molecule has 0 aromatic heterocycles. The smallest absolute Gasteiger partial charge is 0.336 e. The summed E-state index contributed by atoms with van der Waals surface area (Å²) in [5, 5.41) is 10.7. The largest absolute Gasteiger partial charge is 0.478 e. The Labute approximate surface area is 124 Å². The fourth-order valence-corrected chi connectivity index (χ4v) is 3.58. The lowest BCUT2D eigenvalue weighted by Crippen LogP contribution is -2.01. The highest BCUT2D eigenvalue weighted by atomic mass is 32.2. The van der Waals surface area contributed by atoms with E-state index >= 15 is 0 Å². The minimum atomic E-state index is -1.41. The van der Waals surface area contributed by atoms with E-state index in [-0.39, 0.29) is 5.56 Å². The van der Waals surface area contributed by atoms with E-state index in [2.05, 4.69) is 0 Å². The summed E-state index contributed by atoms with van der Waals surface area (Å²) in [7, 11) is -1.41. The minimum Gasteiger partial charge on any atom is -0.478 e. The van der Waals surface area contributed by atoms with Crippen LogP contribution in [0.3, 0.4) is 0 Å². The van der Waals surface area contributed by atoms with Gasteiger partial charge < -0.3 is 5.11 Å². The van der Waals surface area contributed by atoms with E-state index in [1.807, 2.05) is 30.3 Å². The first-order valence-corrected chi connectivity index (χ1v) is 7.55. The Morgan fingerprint density at radius 2 is 1.52 bits per heavy atom. The Morgan fingerprint density at radius 3 is 2.19 bits per heavy atom. The highest BCUT2D eigenvalue weighted by Crippen LogP contribution is 2.28. The Balaban J connectivity index is 2.28. The molecule has 3 nitrogen and oxygen atoms in total. The Bertz CT molecular complexity index is 836. The highest BCUT2D eigenvalue weighted by molar-refractivity contribution is 7.85. The van der Waals surface area contributed by atoms with E-state index in [1.54, 1.807) is 30.3 Å². The van der Waals surface area contributed by atoms with Gasteiger partial charge in [0.25, 0.3) is 0 Å². The van der Waals surface area contributed by atoms with Crippen LogP contribution in [0, 0.1) is 0 Å². The molecule has 4 heteroatoms. The van der Waals surface area contributed by atoms with Crippen molar-refractivity contribution in [2.45, 2.75) is 9.79 Å². The zero-order valence-electron chi connectivity index (χ0n) is 11.0. The number of aromatic carboxylic acids is 1. The monoisotopic (exact) mass is 296 g/mol. The van der Waals surface area contributed by atoms with Crippen molar-refractivity contribution in [3.05, 3.63) is 72.3 Å². The van der Waals surface area contributed by atoms with E-state index in [0.717, 1.165) is 5.39 Å². The number of carboxylic acids is 1. The number of rotatable bonds is 3. The fourth-order valence-electron chi connectivity index (χ4n) is 2.31. The maximum absolute atomic E-state index is 12.8. The lowest BCUT2D eigenvalue weighted by molar-refractivity contribution is 0.0699. The number of hydrogen-bond donors (Lipinski definition) is 1. The summed E-state index contributed by atoms with van der Waals surface area (Å²) < 4.78 is 12.8. The van der Waals surface area contributed by atoms with Crippen LogP contribution in [0.25, 0.3) is 10.8 Å². The van der Waals surface area contributed by atoms with E-state index < -0.39 is 16.8 Å². The van der Waals surface area contributed by atoms with Crippen molar-refractivity contribution in [2.75, 3.05) is 0 Å². The van der Waals surface area contributed by atoms with Gasteiger partial charge in [-0.2, -0.15) is 0 Å². The van der Waals surface area contributed by atoms with Crippen LogP contribution in [0.5, 0.6) is 0 Å². The number of benzene rings is 3. The maximum Gasteiger partial charge on any atom is 0.336 e. The molecule has 104 valence electrons. The van der Waals surface area contributed by atoms with Crippen LogP contribution in [-0.2, 0) is 10.8 Å². The molecule has 0 fully saturated rings. The van der Waals surface area contributed by atoms with Crippen LogP contribution < -0.4 is 0 Å². The van der Waals surface area contributed by atoms with Crippen molar-refractivity contribution < 1.29 is 14.1 Å². The molecule has 21 heavy (non-hydrogen) atoms. The van der Waals surface area contributed by atoms with Crippen LogP contribution in [0.2, 0.25) is 0 Å². The zero-order chi connectivity index (χ0) is 14.8. The topological polar surface area (TPSA) is 54.4 Å². The first-order valence-electron chi connectivity index (χ1n) is 6.40. The summed E-state index contributed by atoms with van der Waals surface area (Å²) in [6.45, 7) is 0. The molecule has 0 saturated heterocycles. The van der Waals surface area contributed by atoms with Gasteiger partial charge in [-0.05, 0) is 29.7 Å².